The first-order valence-electron chi connectivity index (χ1n) is 13.4. The topological polar surface area (TPSA) is 81.2 Å². The van der Waals surface area contributed by atoms with Crippen molar-refractivity contribution in [2.75, 3.05) is 78.1 Å². The number of anilines is 2. The Kier molecular flexibility index (Phi) is 9.65. The van der Waals surface area contributed by atoms with Crippen LogP contribution in [0, 0.1) is 5.82 Å². The zero-order valence-corrected chi connectivity index (χ0v) is 23.0. The number of ether oxygens (including phenoxy) is 4. The number of nitrogens with one attached hydrogen (secondary N) is 1. The molecule has 2 aliphatic heterocycles. The summed E-state index contributed by atoms with van der Waals surface area (Å²) in [7, 11) is 1.74. The highest BCUT2D eigenvalue weighted by Crippen LogP contribution is 2.37. The van der Waals surface area contributed by atoms with Crippen molar-refractivity contribution in [1.82, 2.24) is 19.8 Å². The fraction of sp³-hybridized carbons (Fsp3) is 0.500. The molecule has 1 aromatic heterocycles. The van der Waals surface area contributed by atoms with E-state index in [1.54, 1.807) is 13.2 Å². The van der Waals surface area contributed by atoms with Gasteiger partial charge in [-0.05, 0) is 18.2 Å². The van der Waals surface area contributed by atoms with E-state index in [0.717, 1.165) is 64.1 Å². The predicted octanol–water partition coefficient (Wildman–Crippen LogP) is 4.37. The molecule has 2 fully saturated rings. The quantitative estimate of drug-likeness (QED) is 0.368. The Morgan fingerprint density at radius 1 is 1.03 bits per heavy atom. The third-order valence-electron chi connectivity index (χ3n) is 7.07. The Morgan fingerprint density at radius 3 is 2.49 bits per heavy atom. The minimum absolute atomic E-state index is 0.0138. The summed E-state index contributed by atoms with van der Waals surface area (Å²) in [5.74, 6) is 1.39. The van der Waals surface area contributed by atoms with E-state index >= 15 is 0 Å². The Labute approximate surface area is 233 Å². The second-order valence-electron chi connectivity index (χ2n) is 9.75. The fourth-order valence-corrected chi connectivity index (χ4v) is 5.01. The molecule has 0 radical (unpaired) electrons. The van der Waals surface area contributed by atoms with Crippen LogP contribution in [-0.2, 0) is 9.47 Å². The van der Waals surface area contributed by atoms with Crippen LogP contribution in [0.3, 0.4) is 0 Å². The molecule has 0 spiro atoms. The van der Waals surface area contributed by atoms with Gasteiger partial charge in [-0.2, -0.15) is 0 Å². The number of fused-ring (bicyclic) bond motifs is 1. The maximum Gasteiger partial charge on any atom is 0.145 e. The molecule has 0 atom stereocenters. The number of hydrogen-bond donors (Lipinski definition) is 1. The maximum absolute atomic E-state index is 13.7. The first-order chi connectivity index (χ1) is 19.1. The lowest BCUT2D eigenvalue weighted by Crippen LogP contribution is -2.48. The van der Waals surface area contributed by atoms with Crippen molar-refractivity contribution in [2.45, 2.75) is 18.9 Å². The number of hydrogen-bond acceptors (Lipinski definition) is 9. The first kappa shape index (κ1) is 27.8. The van der Waals surface area contributed by atoms with E-state index in [9.17, 15) is 4.39 Å². The summed E-state index contributed by atoms with van der Waals surface area (Å²) in [6.07, 6.45) is 3.10. The second-order valence-corrected chi connectivity index (χ2v) is 10.2. The maximum atomic E-state index is 13.7. The average molecular weight is 560 g/mol. The van der Waals surface area contributed by atoms with Gasteiger partial charge in [0.1, 0.15) is 42.2 Å². The van der Waals surface area contributed by atoms with E-state index in [1.807, 2.05) is 12.1 Å². The molecule has 5 rings (SSSR count). The molecule has 2 saturated heterocycles. The Morgan fingerprint density at radius 2 is 1.77 bits per heavy atom. The molecule has 0 saturated carbocycles. The molecule has 1 N–H and O–H groups in total. The first-order valence-corrected chi connectivity index (χ1v) is 13.8. The number of methoxy groups -OCH3 is 1. The molecule has 210 valence electrons. The molecule has 9 nitrogen and oxygen atoms in total. The van der Waals surface area contributed by atoms with E-state index in [-0.39, 0.29) is 11.1 Å². The summed E-state index contributed by atoms with van der Waals surface area (Å²) >= 11 is 6.00. The van der Waals surface area contributed by atoms with Crippen LogP contribution in [-0.4, -0.2) is 98.7 Å². The van der Waals surface area contributed by atoms with Crippen molar-refractivity contribution in [3.63, 3.8) is 0 Å². The Balaban J connectivity index is 1.32. The van der Waals surface area contributed by atoms with Gasteiger partial charge in [-0.1, -0.05) is 11.6 Å². The molecule has 3 aromatic rings. The summed E-state index contributed by atoms with van der Waals surface area (Å²) in [6, 6.07) is 8.27. The molecule has 2 aliphatic rings. The molecular weight excluding hydrogens is 525 g/mol. The monoisotopic (exact) mass is 559 g/mol. The average Bonchev–Trinajstić information content (AvgIpc) is 2.95. The number of nitrogens with zero attached hydrogens (tertiary/aromatic N) is 4. The third-order valence-corrected chi connectivity index (χ3v) is 7.36. The van der Waals surface area contributed by atoms with Crippen molar-refractivity contribution in [2.24, 2.45) is 0 Å². The van der Waals surface area contributed by atoms with Gasteiger partial charge < -0.3 is 24.3 Å². The van der Waals surface area contributed by atoms with Gasteiger partial charge in [-0.25, -0.2) is 14.4 Å². The van der Waals surface area contributed by atoms with E-state index < -0.39 is 5.82 Å². The number of benzene rings is 2. The van der Waals surface area contributed by atoms with Gasteiger partial charge in [0, 0.05) is 77.0 Å². The van der Waals surface area contributed by atoms with Gasteiger partial charge in [0.05, 0.1) is 35.7 Å². The summed E-state index contributed by atoms with van der Waals surface area (Å²) in [5.41, 5.74) is 1.30. The van der Waals surface area contributed by atoms with Crippen molar-refractivity contribution < 1.29 is 23.3 Å². The van der Waals surface area contributed by atoms with E-state index in [0.29, 0.717) is 48.3 Å². The van der Waals surface area contributed by atoms with Crippen molar-refractivity contribution in [3.8, 4) is 11.5 Å². The highest BCUT2D eigenvalue weighted by molar-refractivity contribution is 6.31. The molecule has 39 heavy (non-hydrogen) atoms. The fourth-order valence-electron chi connectivity index (χ4n) is 4.83. The minimum atomic E-state index is -0.479. The zero-order valence-electron chi connectivity index (χ0n) is 22.2. The van der Waals surface area contributed by atoms with E-state index in [1.165, 1.54) is 18.5 Å². The summed E-state index contributed by atoms with van der Waals surface area (Å²) in [5, 5.41) is 4.01. The molecule has 0 amide bonds. The normalized spacial score (nSPS) is 17.4. The van der Waals surface area contributed by atoms with Crippen LogP contribution in [0.5, 0.6) is 11.5 Å². The second kappa shape index (κ2) is 13.5. The van der Waals surface area contributed by atoms with Crippen molar-refractivity contribution in [3.05, 3.63) is 47.5 Å². The lowest BCUT2D eigenvalue weighted by Gasteiger charge is -2.34. The number of aromatic nitrogens is 2. The van der Waals surface area contributed by atoms with Gasteiger partial charge >= 0.3 is 0 Å². The minimum Gasteiger partial charge on any atom is -0.492 e. The lowest BCUT2D eigenvalue weighted by molar-refractivity contribution is 0.0261. The van der Waals surface area contributed by atoms with Crippen LogP contribution < -0.4 is 14.8 Å². The van der Waals surface area contributed by atoms with Crippen LogP contribution in [0.2, 0.25) is 5.02 Å². The third kappa shape index (κ3) is 7.46. The van der Waals surface area contributed by atoms with Crippen LogP contribution in [0.15, 0.2) is 36.7 Å². The highest BCUT2D eigenvalue weighted by atomic mass is 35.5. The molecule has 0 bridgehead atoms. The highest BCUT2D eigenvalue weighted by Gasteiger charge is 2.21. The van der Waals surface area contributed by atoms with E-state index in [2.05, 4.69) is 25.1 Å². The predicted molar refractivity (Wildman–Crippen MR) is 149 cm³/mol. The van der Waals surface area contributed by atoms with E-state index in [4.69, 9.17) is 30.5 Å². The summed E-state index contributed by atoms with van der Waals surface area (Å²) < 4.78 is 37.1. The molecule has 11 heteroatoms. The van der Waals surface area contributed by atoms with Crippen LogP contribution >= 0.6 is 11.6 Å². The number of rotatable bonds is 11. The Hall–Kier alpha value is -2.76. The van der Waals surface area contributed by atoms with Gasteiger partial charge in [-0.3, -0.25) is 9.80 Å². The smallest absolute Gasteiger partial charge is 0.145 e. The molecule has 2 aromatic carbocycles. The van der Waals surface area contributed by atoms with Gasteiger partial charge in [0.15, 0.2) is 0 Å². The van der Waals surface area contributed by atoms with Gasteiger partial charge in [-0.15, -0.1) is 0 Å². The molecule has 3 heterocycles. The Bertz CT molecular complexity index is 1240. The SMILES string of the molecule is COCCN1CCN(CCOc2cc(OC3CCOCC3)c3c(Nc4ccc(F)c(Cl)c4)ncnc3c2)CC1. The number of halogens is 2. The largest absolute Gasteiger partial charge is 0.492 e. The van der Waals surface area contributed by atoms with Gasteiger partial charge in [0.25, 0.3) is 0 Å². The van der Waals surface area contributed by atoms with Crippen LogP contribution in [0.1, 0.15) is 12.8 Å². The zero-order chi connectivity index (χ0) is 27.0. The number of piperazine rings is 1. The molecule has 0 unspecified atom stereocenters. The van der Waals surface area contributed by atoms with Gasteiger partial charge in [0.2, 0.25) is 0 Å². The van der Waals surface area contributed by atoms with Crippen molar-refractivity contribution >= 4 is 34.0 Å². The summed E-state index contributed by atoms with van der Waals surface area (Å²) in [6.45, 7) is 8.56. The standard InChI is InChI=1S/C28H35ClFN5O4/c1-36-14-10-34-6-8-35(9-7-34)11-15-38-22-17-25-27(26(18-22)39-21-4-12-37-13-5-21)28(32-19-31-25)33-20-2-3-24(30)23(29)16-20/h2-3,16-19,21H,4-15H2,1H3,(H,31,32,33). The van der Waals surface area contributed by atoms with Crippen molar-refractivity contribution in [1.29, 1.82) is 0 Å². The van der Waals surface area contributed by atoms with Crippen LogP contribution in [0.4, 0.5) is 15.9 Å². The molecular formula is C28H35ClFN5O4. The lowest BCUT2D eigenvalue weighted by atomic mass is 10.1. The summed E-state index contributed by atoms with van der Waals surface area (Å²) in [4.78, 5) is 13.8. The van der Waals surface area contributed by atoms with Crippen LogP contribution in [0.25, 0.3) is 10.9 Å². The molecule has 0 aliphatic carbocycles.